The van der Waals surface area contributed by atoms with Gasteiger partial charge in [0.25, 0.3) is 5.56 Å². The van der Waals surface area contributed by atoms with Crippen LogP contribution in [0.1, 0.15) is 47.9 Å². The van der Waals surface area contributed by atoms with Gasteiger partial charge in [-0.15, -0.1) is 0 Å². The summed E-state index contributed by atoms with van der Waals surface area (Å²) in [4.78, 5) is 16.2. The molecule has 5 rings (SSSR count). The van der Waals surface area contributed by atoms with E-state index in [4.69, 9.17) is 0 Å². The van der Waals surface area contributed by atoms with Crippen molar-refractivity contribution in [3.05, 3.63) is 62.9 Å². The highest BCUT2D eigenvalue weighted by molar-refractivity contribution is 7.89. The maximum absolute atomic E-state index is 14.1. The van der Waals surface area contributed by atoms with Gasteiger partial charge in [-0.3, -0.25) is 4.79 Å². The molecule has 1 saturated carbocycles. The third-order valence-electron chi connectivity index (χ3n) is 6.59. The molecule has 0 saturated heterocycles. The number of H-pyrrole nitrogens is 1. The molecule has 0 radical (unpaired) electrons. The van der Waals surface area contributed by atoms with E-state index in [0.717, 1.165) is 59.4 Å². The zero-order valence-corrected chi connectivity index (χ0v) is 20.5. The van der Waals surface area contributed by atoms with Crippen LogP contribution in [-0.4, -0.2) is 32.5 Å². The van der Waals surface area contributed by atoms with E-state index in [0.29, 0.717) is 22.2 Å². The van der Waals surface area contributed by atoms with Gasteiger partial charge in [-0.2, -0.15) is 13.1 Å². The normalized spacial score (nSPS) is 15.3. The molecule has 4 aromatic rings. The van der Waals surface area contributed by atoms with Crippen LogP contribution in [0, 0.1) is 20.8 Å². The van der Waals surface area contributed by atoms with Crippen molar-refractivity contribution >= 4 is 43.7 Å². The van der Waals surface area contributed by atoms with Gasteiger partial charge in [-0.1, -0.05) is 25.0 Å². The molecule has 1 aliphatic carbocycles. The molecule has 2 heterocycles. The number of aromatic nitrogens is 3. The first-order valence-electron chi connectivity index (χ1n) is 11.1. The lowest BCUT2D eigenvalue weighted by Gasteiger charge is -2.28. The fourth-order valence-corrected chi connectivity index (χ4v) is 7.59. The second kappa shape index (κ2) is 8.30. The zero-order chi connectivity index (χ0) is 23.3. The van der Waals surface area contributed by atoms with E-state index in [-0.39, 0.29) is 23.0 Å². The molecule has 0 spiro atoms. The molecule has 0 bridgehead atoms. The van der Waals surface area contributed by atoms with E-state index in [9.17, 15) is 13.2 Å². The molecule has 1 N–H and O–H groups in total. The Morgan fingerprint density at radius 2 is 1.82 bits per heavy atom. The SMILES string of the molecule is Cc1cc(C)c2cc(CN(C3CCCC3)S(=O)(=O)c3c(C)ccc4nsnc34)c(=O)[nH]c2c1. The lowest BCUT2D eigenvalue weighted by atomic mass is 10.0. The Balaban J connectivity index is 1.65. The van der Waals surface area contributed by atoms with Gasteiger partial charge in [-0.25, -0.2) is 8.42 Å². The van der Waals surface area contributed by atoms with Crippen molar-refractivity contribution in [2.45, 2.75) is 63.9 Å². The Labute approximate surface area is 196 Å². The first kappa shape index (κ1) is 22.2. The predicted molar refractivity (Wildman–Crippen MR) is 131 cm³/mol. The average molecular weight is 483 g/mol. The van der Waals surface area contributed by atoms with Gasteiger partial charge in [0.2, 0.25) is 10.0 Å². The summed E-state index contributed by atoms with van der Waals surface area (Å²) in [6.07, 6.45) is 3.52. The first-order chi connectivity index (χ1) is 15.8. The maximum atomic E-state index is 14.1. The summed E-state index contributed by atoms with van der Waals surface area (Å²) in [6.45, 7) is 5.80. The minimum atomic E-state index is -3.91. The van der Waals surface area contributed by atoms with Crippen molar-refractivity contribution < 1.29 is 8.42 Å². The Morgan fingerprint density at radius 1 is 1.06 bits per heavy atom. The molecule has 0 aliphatic heterocycles. The van der Waals surface area contributed by atoms with Crippen LogP contribution < -0.4 is 5.56 Å². The number of sulfonamides is 1. The van der Waals surface area contributed by atoms with Gasteiger partial charge < -0.3 is 4.98 Å². The average Bonchev–Trinajstić information content (AvgIpc) is 3.43. The van der Waals surface area contributed by atoms with Crippen LogP contribution in [-0.2, 0) is 16.6 Å². The Bertz CT molecular complexity index is 1530. The number of rotatable bonds is 5. The van der Waals surface area contributed by atoms with E-state index < -0.39 is 10.0 Å². The molecule has 33 heavy (non-hydrogen) atoms. The summed E-state index contributed by atoms with van der Waals surface area (Å²) in [5.41, 5.74) is 4.70. The molecular formula is C24H26N4O3S2. The number of aryl methyl sites for hydroxylation is 3. The highest BCUT2D eigenvalue weighted by atomic mass is 32.2. The van der Waals surface area contributed by atoms with Crippen molar-refractivity contribution in [1.29, 1.82) is 0 Å². The molecule has 0 unspecified atom stereocenters. The molecule has 7 nitrogen and oxygen atoms in total. The summed E-state index contributed by atoms with van der Waals surface area (Å²) in [6, 6.07) is 9.28. The van der Waals surface area contributed by atoms with Crippen molar-refractivity contribution in [3.8, 4) is 0 Å². The molecular weight excluding hydrogens is 456 g/mol. The van der Waals surface area contributed by atoms with Crippen LogP contribution in [0.3, 0.4) is 0 Å². The predicted octanol–water partition coefficient (Wildman–Crippen LogP) is 4.59. The summed E-state index contributed by atoms with van der Waals surface area (Å²) >= 11 is 1.01. The highest BCUT2D eigenvalue weighted by Gasteiger charge is 2.36. The second-order valence-corrected chi connectivity index (χ2v) is 11.4. The van der Waals surface area contributed by atoms with Crippen molar-refractivity contribution in [2.24, 2.45) is 0 Å². The van der Waals surface area contributed by atoms with E-state index in [2.05, 4.69) is 19.8 Å². The zero-order valence-electron chi connectivity index (χ0n) is 18.9. The van der Waals surface area contributed by atoms with E-state index in [1.54, 1.807) is 19.1 Å². The van der Waals surface area contributed by atoms with Gasteiger partial charge in [-0.05, 0) is 68.5 Å². The Kier molecular flexibility index (Phi) is 5.58. The van der Waals surface area contributed by atoms with Gasteiger partial charge in [0, 0.05) is 29.1 Å². The largest absolute Gasteiger partial charge is 0.322 e. The van der Waals surface area contributed by atoms with E-state index in [1.165, 1.54) is 4.31 Å². The lowest BCUT2D eigenvalue weighted by Crippen LogP contribution is -2.40. The van der Waals surface area contributed by atoms with Crippen LogP contribution in [0.4, 0.5) is 0 Å². The van der Waals surface area contributed by atoms with Gasteiger partial charge >= 0.3 is 0 Å². The highest BCUT2D eigenvalue weighted by Crippen LogP contribution is 2.34. The number of fused-ring (bicyclic) bond motifs is 2. The monoisotopic (exact) mass is 482 g/mol. The van der Waals surface area contributed by atoms with Crippen molar-refractivity contribution in [3.63, 3.8) is 0 Å². The second-order valence-electron chi connectivity index (χ2n) is 9.00. The maximum Gasteiger partial charge on any atom is 0.252 e. The summed E-state index contributed by atoms with van der Waals surface area (Å²) in [5.74, 6) is 0. The molecule has 172 valence electrons. The third kappa shape index (κ3) is 3.88. The molecule has 9 heteroatoms. The minimum Gasteiger partial charge on any atom is -0.322 e. The molecule has 0 atom stereocenters. The third-order valence-corrected chi connectivity index (χ3v) is 9.21. The standard InChI is InChI=1S/C24H26N4O3S2/c1-14-10-16(3)19-12-17(24(29)25-21(19)11-14)13-28(18-6-4-5-7-18)33(30,31)23-15(2)8-9-20-22(23)27-32-26-20/h8-12,18H,4-7,13H2,1-3H3,(H,25,29). The number of hydrogen-bond donors (Lipinski definition) is 1. The van der Waals surface area contributed by atoms with E-state index in [1.807, 2.05) is 26.0 Å². The summed E-state index contributed by atoms with van der Waals surface area (Å²) < 4.78 is 38.2. The quantitative estimate of drug-likeness (QED) is 0.449. The number of benzene rings is 2. The molecule has 2 aromatic carbocycles. The minimum absolute atomic E-state index is 0.0268. The Morgan fingerprint density at radius 3 is 2.58 bits per heavy atom. The number of nitrogens with zero attached hydrogens (tertiary/aromatic N) is 3. The van der Waals surface area contributed by atoms with Crippen molar-refractivity contribution in [2.75, 3.05) is 0 Å². The summed E-state index contributed by atoms with van der Waals surface area (Å²) in [5, 5.41) is 0.931. The molecule has 1 fully saturated rings. The van der Waals surface area contributed by atoms with Gasteiger partial charge in [0.05, 0.1) is 11.7 Å². The molecule has 0 amide bonds. The first-order valence-corrected chi connectivity index (χ1v) is 13.3. The van der Waals surface area contributed by atoms with Crippen LogP contribution in [0.25, 0.3) is 21.9 Å². The fraction of sp³-hybridized carbons (Fsp3) is 0.375. The number of aromatic amines is 1. The number of nitrogens with one attached hydrogen (secondary N) is 1. The summed E-state index contributed by atoms with van der Waals surface area (Å²) in [7, 11) is -3.91. The van der Waals surface area contributed by atoms with Crippen LogP contribution in [0.5, 0.6) is 0 Å². The topological polar surface area (TPSA) is 96.0 Å². The van der Waals surface area contributed by atoms with Crippen molar-refractivity contribution in [1.82, 2.24) is 18.0 Å². The lowest BCUT2D eigenvalue weighted by molar-refractivity contribution is 0.315. The number of pyridine rings is 1. The van der Waals surface area contributed by atoms with E-state index >= 15 is 0 Å². The number of hydrogen-bond acceptors (Lipinski definition) is 6. The molecule has 2 aromatic heterocycles. The Hall–Kier alpha value is -2.62. The van der Waals surface area contributed by atoms with Crippen LogP contribution >= 0.6 is 11.7 Å². The fourth-order valence-electron chi connectivity index (χ4n) is 4.98. The van der Waals surface area contributed by atoms with Gasteiger partial charge in [0.1, 0.15) is 15.9 Å². The van der Waals surface area contributed by atoms with Crippen LogP contribution in [0.2, 0.25) is 0 Å². The molecule has 1 aliphatic rings. The van der Waals surface area contributed by atoms with Crippen LogP contribution in [0.15, 0.2) is 40.0 Å². The smallest absolute Gasteiger partial charge is 0.252 e. The van der Waals surface area contributed by atoms with Gasteiger partial charge in [0.15, 0.2) is 0 Å².